The molecule has 0 aliphatic carbocycles. The molecule has 1 fully saturated rings. The number of amides is 2. The Morgan fingerprint density at radius 3 is 2.58 bits per heavy atom. The lowest BCUT2D eigenvalue weighted by molar-refractivity contribution is -0.134. The molecule has 0 saturated carbocycles. The van der Waals surface area contributed by atoms with Crippen LogP contribution in [0.5, 0.6) is 5.75 Å². The summed E-state index contributed by atoms with van der Waals surface area (Å²) in [5.74, 6) is 0.227. The van der Waals surface area contributed by atoms with E-state index in [4.69, 9.17) is 4.74 Å². The van der Waals surface area contributed by atoms with Gasteiger partial charge in [-0.3, -0.25) is 9.59 Å². The van der Waals surface area contributed by atoms with Gasteiger partial charge in [-0.15, -0.1) is 0 Å². The van der Waals surface area contributed by atoms with Gasteiger partial charge in [-0.25, -0.2) is 13.1 Å². The molecule has 1 aromatic rings. The molecule has 1 heterocycles. The van der Waals surface area contributed by atoms with E-state index < -0.39 is 10.0 Å². The van der Waals surface area contributed by atoms with Crippen molar-refractivity contribution in [1.29, 1.82) is 0 Å². The van der Waals surface area contributed by atoms with Crippen LogP contribution in [-0.4, -0.2) is 58.4 Å². The number of carbonyl (C=O) groups excluding carboxylic acids is 2. The van der Waals surface area contributed by atoms with E-state index in [-0.39, 0.29) is 35.7 Å². The van der Waals surface area contributed by atoms with Crippen molar-refractivity contribution >= 4 is 21.8 Å². The van der Waals surface area contributed by atoms with Gasteiger partial charge in [0, 0.05) is 26.6 Å². The van der Waals surface area contributed by atoms with Crippen molar-refractivity contribution in [3.63, 3.8) is 0 Å². The molecule has 2 rings (SSSR count). The second-order valence-corrected chi connectivity index (χ2v) is 8.05. The Bertz CT molecular complexity index is 733. The number of likely N-dealkylation sites (tertiary alicyclic amines) is 1. The van der Waals surface area contributed by atoms with Crippen LogP contribution in [-0.2, 0) is 19.6 Å². The van der Waals surface area contributed by atoms with Crippen molar-refractivity contribution in [2.75, 3.05) is 33.3 Å². The fraction of sp³-hybridized carbons (Fsp3) is 0.529. The molecule has 9 heteroatoms. The molecule has 2 N–H and O–H groups in total. The second-order valence-electron chi connectivity index (χ2n) is 6.29. The number of piperidine rings is 1. The van der Waals surface area contributed by atoms with Gasteiger partial charge in [0.2, 0.25) is 21.8 Å². The van der Waals surface area contributed by atoms with Crippen LogP contribution in [0.3, 0.4) is 0 Å². The van der Waals surface area contributed by atoms with Crippen molar-refractivity contribution in [3.8, 4) is 5.75 Å². The number of hydrogen-bond acceptors (Lipinski definition) is 5. The molecular formula is C17H25N3O5S. The van der Waals surface area contributed by atoms with Crippen molar-refractivity contribution in [2.45, 2.75) is 24.7 Å². The zero-order valence-electron chi connectivity index (χ0n) is 15.0. The maximum Gasteiger partial charge on any atom is 0.241 e. The van der Waals surface area contributed by atoms with E-state index in [2.05, 4.69) is 10.0 Å². The van der Waals surface area contributed by atoms with E-state index >= 15 is 0 Å². The van der Waals surface area contributed by atoms with E-state index in [0.717, 1.165) is 12.8 Å². The zero-order valence-corrected chi connectivity index (χ0v) is 15.8. The van der Waals surface area contributed by atoms with Gasteiger partial charge in [0.1, 0.15) is 5.75 Å². The van der Waals surface area contributed by atoms with E-state index in [0.29, 0.717) is 18.8 Å². The summed E-state index contributed by atoms with van der Waals surface area (Å²) < 4.78 is 32.4. The van der Waals surface area contributed by atoms with Gasteiger partial charge in [0.05, 0.1) is 18.6 Å². The lowest BCUT2D eigenvalue weighted by Gasteiger charge is -2.33. The summed E-state index contributed by atoms with van der Waals surface area (Å²) in [6.07, 6.45) is 1.65. The Labute approximate surface area is 153 Å². The summed E-state index contributed by atoms with van der Waals surface area (Å²) in [7, 11) is -2.09. The van der Waals surface area contributed by atoms with Crippen LogP contribution in [0.2, 0.25) is 0 Å². The Balaban J connectivity index is 1.89. The number of nitrogens with one attached hydrogen (secondary N) is 2. The van der Waals surface area contributed by atoms with Gasteiger partial charge in [0.15, 0.2) is 0 Å². The normalized spacial score (nSPS) is 17.6. The van der Waals surface area contributed by atoms with Crippen LogP contribution in [0, 0.1) is 5.92 Å². The van der Waals surface area contributed by atoms with Gasteiger partial charge in [-0.2, -0.15) is 0 Å². The van der Waals surface area contributed by atoms with Crippen LogP contribution >= 0.6 is 0 Å². The molecular weight excluding hydrogens is 358 g/mol. The lowest BCUT2D eigenvalue weighted by Crippen LogP contribution is -2.47. The maximum atomic E-state index is 12.4. The minimum Gasteiger partial charge on any atom is -0.497 e. The monoisotopic (exact) mass is 383 g/mol. The highest BCUT2D eigenvalue weighted by Gasteiger charge is 2.25. The third-order valence-electron chi connectivity index (χ3n) is 4.29. The molecule has 26 heavy (non-hydrogen) atoms. The van der Waals surface area contributed by atoms with E-state index in [1.54, 1.807) is 17.0 Å². The molecule has 0 bridgehead atoms. The number of ether oxygens (including phenoxy) is 1. The first-order valence-corrected chi connectivity index (χ1v) is 9.96. The van der Waals surface area contributed by atoms with Crippen LogP contribution in [0.4, 0.5) is 0 Å². The number of benzene rings is 1. The summed E-state index contributed by atoms with van der Waals surface area (Å²) in [6.45, 7) is 2.70. The third kappa shape index (κ3) is 5.70. The van der Waals surface area contributed by atoms with Crippen molar-refractivity contribution in [3.05, 3.63) is 24.3 Å². The molecule has 1 aromatic carbocycles. The molecule has 0 spiro atoms. The highest BCUT2D eigenvalue weighted by Crippen LogP contribution is 2.18. The van der Waals surface area contributed by atoms with E-state index in [1.807, 2.05) is 0 Å². The van der Waals surface area contributed by atoms with Crippen molar-refractivity contribution in [1.82, 2.24) is 14.9 Å². The van der Waals surface area contributed by atoms with Crippen molar-refractivity contribution < 1.29 is 22.7 Å². The third-order valence-corrected chi connectivity index (χ3v) is 5.73. The summed E-state index contributed by atoms with van der Waals surface area (Å²) in [5, 5.41) is 2.49. The average Bonchev–Trinajstić information content (AvgIpc) is 2.64. The number of nitrogens with zero attached hydrogens (tertiary/aromatic N) is 1. The van der Waals surface area contributed by atoms with Gasteiger partial charge in [0.25, 0.3) is 0 Å². The predicted molar refractivity (Wildman–Crippen MR) is 96.2 cm³/mol. The zero-order chi connectivity index (χ0) is 19.2. The molecule has 1 aliphatic heterocycles. The van der Waals surface area contributed by atoms with Crippen LogP contribution in [0.15, 0.2) is 29.2 Å². The standard InChI is InChI=1S/C17H25N3O5S/c1-13(21)18-11-17(22)20-9-3-4-14(12-20)10-19-26(23,24)16-7-5-15(25-2)6-8-16/h5-8,14,19H,3-4,9-12H2,1-2H3,(H,18,21)/t14-/m1/s1. The van der Waals surface area contributed by atoms with Gasteiger partial charge in [-0.1, -0.05) is 0 Å². The van der Waals surface area contributed by atoms with E-state index in [1.165, 1.54) is 26.2 Å². The van der Waals surface area contributed by atoms with Crippen molar-refractivity contribution in [2.24, 2.45) is 5.92 Å². The largest absolute Gasteiger partial charge is 0.497 e. The molecule has 1 aliphatic rings. The lowest BCUT2D eigenvalue weighted by atomic mass is 9.98. The molecule has 144 valence electrons. The van der Waals surface area contributed by atoms with Crippen LogP contribution < -0.4 is 14.8 Å². The first-order valence-electron chi connectivity index (χ1n) is 8.48. The molecule has 0 aromatic heterocycles. The first-order chi connectivity index (χ1) is 12.3. The SMILES string of the molecule is COc1ccc(S(=O)(=O)NC[C@H]2CCCN(C(=O)CNC(C)=O)C2)cc1. The molecule has 0 unspecified atom stereocenters. The van der Waals surface area contributed by atoms with Gasteiger partial charge < -0.3 is 15.0 Å². The second kappa shape index (κ2) is 9.00. The molecule has 8 nitrogen and oxygen atoms in total. The van der Waals surface area contributed by atoms with Gasteiger partial charge in [-0.05, 0) is 43.0 Å². The smallest absolute Gasteiger partial charge is 0.241 e. The summed E-state index contributed by atoms with van der Waals surface area (Å²) in [4.78, 5) is 24.9. The van der Waals surface area contributed by atoms with Gasteiger partial charge >= 0.3 is 0 Å². The number of sulfonamides is 1. The highest BCUT2D eigenvalue weighted by atomic mass is 32.2. The fourth-order valence-electron chi connectivity index (χ4n) is 2.84. The van der Waals surface area contributed by atoms with Crippen LogP contribution in [0.1, 0.15) is 19.8 Å². The highest BCUT2D eigenvalue weighted by molar-refractivity contribution is 7.89. The Hall–Kier alpha value is -2.13. The Morgan fingerprint density at radius 1 is 1.27 bits per heavy atom. The predicted octanol–water partition coefficient (Wildman–Crippen LogP) is 0.348. The minimum absolute atomic E-state index is 0.0281. The van der Waals surface area contributed by atoms with E-state index in [9.17, 15) is 18.0 Å². The first kappa shape index (κ1) is 20.2. The summed E-state index contributed by atoms with van der Waals surface area (Å²) in [6, 6.07) is 6.17. The molecule has 1 saturated heterocycles. The minimum atomic E-state index is -3.61. The van der Waals surface area contributed by atoms with Crippen LogP contribution in [0.25, 0.3) is 0 Å². The molecule has 0 radical (unpaired) electrons. The fourth-order valence-corrected chi connectivity index (χ4v) is 3.95. The molecule has 1 atom stereocenters. The Morgan fingerprint density at radius 2 is 1.96 bits per heavy atom. The molecule has 2 amide bonds. The topological polar surface area (TPSA) is 105 Å². The number of rotatable bonds is 7. The maximum absolute atomic E-state index is 12.4. The number of hydrogen-bond donors (Lipinski definition) is 2. The quantitative estimate of drug-likeness (QED) is 0.707. The summed E-state index contributed by atoms with van der Waals surface area (Å²) in [5.41, 5.74) is 0. The number of carbonyl (C=O) groups is 2. The summed E-state index contributed by atoms with van der Waals surface area (Å²) >= 11 is 0. The number of methoxy groups -OCH3 is 1. The Kier molecular flexibility index (Phi) is 6.98. The average molecular weight is 383 g/mol.